The molecule has 0 spiro atoms. The second-order valence-electron chi connectivity index (χ2n) is 4.28. The van der Waals surface area contributed by atoms with Crippen molar-refractivity contribution >= 4 is 0 Å². The molecule has 1 fully saturated rings. The van der Waals surface area contributed by atoms with Gasteiger partial charge in [0.25, 0.3) is 0 Å². The lowest BCUT2D eigenvalue weighted by molar-refractivity contribution is -0.0770. The zero-order chi connectivity index (χ0) is 10.9. The maximum Gasteiger partial charge on any atom is 0.243 e. The molecule has 2 N–H and O–H groups in total. The van der Waals surface area contributed by atoms with E-state index in [0.29, 0.717) is 11.7 Å². The number of hydrogen-bond donors (Lipinski definition) is 1. The predicted octanol–water partition coefficient (Wildman–Crippen LogP) is 1.51. The first-order valence-electron chi connectivity index (χ1n) is 5.35. The largest absolute Gasteiger partial charge is 0.367 e. The van der Waals surface area contributed by atoms with Gasteiger partial charge in [0.05, 0.1) is 6.04 Å². The first-order chi connectivity index (χ1) is 7.12. The Kier molecular flexibility index (Phi) is 2.75. The number of aromatic nitrogens is 2. The lowest BCUT2D eigenvalue weighted by atomic mass is 9.95. The van der Waals surface area contributed by atoms with Crippen LogP contribution >= 0.6 is 0 Å². The van der Waals surface area contributed by atoms with Gasteiger partial charge in [0, 0.05) is 6.61 Å². The molecule has 1 saturated heterocycles. The van der Waals surface area contributed by atoms with Crippen LogP contribution in [0.5, 0.6) is 0 Å². The minimum absolute atomic E-state index is 0.224. The van der Waals surface area contributed by atoms with Crippen LogP contribution in [0.15, 0.2) is 4.52 Å². The third-order valence-electron chi connectivity index (χ3n) is 2.77. The Morgan fingerprint density at radius 1 is 1.47 bits per heavy atom. The number of nitrogens with two attached hydrogens (primary N) is 1. The van der Waals surface area contributed by atoms with Gasteiger partial charge >= 0.3 is 0 Å². The molecule has 1 aliphatic heterocycles. The van der Waals surface area contributed by atoms with Crippen molar-refractivity contribution in [2.45, 2.75) is 44.8 Å². The minimum atomic E-state index is -0.394. The quantitative estimate of drug-likeness (QED) is 0.802. The minimum Gasteiger partial charge on any atom is -0.367 e. The zero-order valence-corrected chi connectivity index (χ0v) is 9.19. The fourth-order valence-corrected chi connectivity index (χ4v) is 1.75. The Labute approximate surface area is 89.0 Å². The molecule has 0 amide bonds. The highest BCUT2D eigenvalue weighted by Gasteiger charge is 2.35. The maximum atomic E-state index is 5.72. The van der Waals surface area contributed by atoms with E-state index in [4.69, 9.17) is 15.0 Å². The van der Waals surface area contributed by atoms with Crippen LogP contribution in [0.3, 0.4) is 0 Å². The fourth-order valence-electron chi connectivity index (χ4n) is 1.75. The molecule has 2 heterocycles. The highest BCUT2D eigenvalue weighted by Crippen LogP contribution is 2.32. The van der Waals surface area contributed by atoms with Gasteiger partial charge in [-0.1, -0.05) is 5.16 Å². The number of hydrogen-bond acceptors (Lipinski definition) is 5. The molecule has 84 valence electrons. The van der Waals surface area contributed by atoms with E-state index in [1.54, 1.807) is 0 Å². The fraction of sp³-hybridized carbons (Fsp3) is 0.800. The van der Waals surface area contributed by atoms with Gasteiger partial charge in [-0.2, -0.15) is 4.98 Å². The molecule has 15 heavy (non-hydrogen) atoms. The molecule has 2 rings (SSSR count). The summed E-state index contributed by atoms with van der Waals surface area (Å²) in [6.45, 7) is 4.59. The number of rotatable bonds is 2. The molecule has 1 unspecified atom stereocenters. The molecule has 5 heteroatoms. The molecule has 0 radical (unpaired) electrons. The smallest absolute Gasteiger partial charge is 0.243 e. The third kappa shape index (κ3) is 2.03. The van der Waals surface area contributed by atoms with Crippen molar-refractivity contribution in [3.05, 3.63) is 11.7 Å². The van der Waals surface area contributed by atoms with E-state index in [1.807, 2.05) is 13.8 Å². The summed E-state index contributed by atoms with van der Waals surface area (Å²) in [7, 11) is 0. The molecule has 1 aliphatic rings. The van der Waals surface area contributed by atoms with E-state index in [1.165, 1.54) is 0 Å². The van der Waals surface area contributed by atoms with Crippen LogP contribution in [0.25, 0.3) is 0 Å². The van der Waals surface area contributed by atoms with Crippen LogP contribution in [0.1, 0.15) is 50.9 Å². The average Bonchev–Trinajstić information content (AvgIpc) is 2.68. The second kappa shape index (κ2) is 3.90. The molecule has 0 aromatic carbocycles. The first kappa shape index (κ1) is 10.6. The van der Waals surface area contributed by atoms with Crippen molar-refractivity contribution in [3.8, 4) is 0 Å². The van der Waals surface area contributed by atoms with Gasteiger partial charge in [0.15, 0.2) is 0 Å². The van der Waals surface area contributed by atoms with Crippen molar-refractivity contribution in [1.29, 1.82) is 0 Å². The lowest BCUT2D eigenvalue weighted by Gasteiger charge is -2.30. The number of nitrogens with zero attached hydrogens (tertiary/aromatic N) is 2. The molecular formula is C10H17N3O2. The summed E-state index contributed by atoms with van der Waals surface area (Å²) in [5.74, 6) is 1.09. The average molecular weight is 211 g/mol. The van der Waals surface area contributed by atoms with Crippen LogP contribution in [-0.2, 0) is 10.3 Å². The molecule has 0 bridgehead atoms. The standard InChI is InChI=1S/C10H17N3O2/c1-7(11)8-12-9(13-15-8)10(2)5-3-4-6-14-10/h7H,3-6,11H2,1-2H3/t7-,10?/m1/s1. The molecule has 5 nitrogen and oxygen atoms in total. The summed E-state index contributed by atoms with van der Waals surface area (Å²) in [6, 6.07) is -0.224. The Morgan fingerprint density at radius 2 is 2.27 bits per heavy atom. The van der Waals surface area contributed by atoms with E-state index in [-0.39, 0.29) is 6.04 Å². The zero-order valence-electron chi connectivity index (χ0n) is 9.19. The molecular weight excluding hydrogens is 194 g/mol. The van der Waals surface area contributed by atoms with Crippen molar-refractivity contribution in [2.24, 2.45) is 5.73 Å². The summed E-state index contributed by atoms with van der Waals surface area (Å²) in [5.41, 5.74) is 5.27. The van der Waals surface area contributed by atoms with Gasteiger partial charge in [-0.3, -0.25) is 0 Å². The monoisotopic (exact) mass is 211 g/mol. The van der Waals surface area contributed by atoms with Gasteiger partial charge in [-0.15, -0.1) is 0 Å². The van der Waals surface area contributed by atoms with Gasteiger partial charge < -0.3 is 15.0 Å². The molecule has 1 aromatic heterocycles. The Morgan fingerprint density at radius 3 is 2.80 bits per heavy atom. The molecule has 0 saturated carbocycles. The lowest BCUT2D eigenvalue weighted by Crippen LogP contribution is -2.31. The SMILES string of the molecule is C[C@@H](N)c1nc(C2(C)CCCCO2)no1. The summed E-state index contributed by atoms with van der Waals surface area (Å²) in [5, 5.41) is 3.94. The van der Waals surface area contributed by atoms with Crippen LogP contribution in [0, 0.1) is 0 Å². The summed E-state index contributed by atoms with van der Waals surface area (Å²) < 4.78 is 10.8. The third-order valence-corrected chi connectivity index (χ3v) is 2.77. The van der Waals surface area contributed by atoms with E-state index in [0.717, 1.165) is 25.9 Å². The Bertz CT molecular complexity index is 329. The van der Waals surface area contributed by atoms with Crippen LogP contribution < -0.4 is 5.73 Å². The number of ether oxygens (including phenoxy) is 1. The normalized spacial score (nSPS) is 29.0. The maximum absolute atomic E-state index is 5.72. The van der Waals surface area contributed by atoms with Gasteiger partial charge in [-0.25, -0.2) is 0 Å². The molecule has 0 aliphatic carbocycles. The van der Waals surface area contributed by atoms with E-state index in [9.17, 15) is 0 Å². The Hall–Kier alpha value is -0.940. The Balaban J connectivity index is 2.20. The van der Waals surface area contributed by atoms with Crippen LogP contribution in [0.2, 0.25) is 0 Å². The van der Waals surface area contributed by atoms with Gasteiger partial charge in [0.2, 0.25) is 11.7 Å². The van der Waals surface area contributed by atoms with Crippen molar-refractivity contribution in [1.82, 2.24) is 10.1 Å². The summed E-state index contributed by atoms with van der Waals surface area (Å²) >= 11 is 0. The van der Waals surface area contributed by atoms with Crippen LogP contribution in [0.4, 0.5) is 0 Å². The van der Waals surface area contributed by atoms with Crippen molar-refractivity contribution in [2.75, 3.05) is 6.61 Å². The van der Waals surface area contributed by atoms with Gasteiger partial charge in [0.1, 0.15) is 5.60 Å². The van der Waals surface area contributed by atoms with Crippen molar-refractivity contribution < 1.29 is 9.26 Å². The van der Waals surface area contributed by atoms with E-state index >= 15 is 0 Å². The highest BCUT2D eigenvalue weighted by atomic mass is 16.5. The summed E-state index contributed by atoms with van der Waals surface area (Å²) in [6.07, 6.45) is 3.18. The highest BCUT2D eigenvalue weighted by molar-refractivity contribution is 5.01. The van der Waals surface area contributed by atoms with E-state index in [2.05, 4.69) is 10.1 Å². The molecule has 2 atom stereocenters. The second-order valence-corrected chi connectivity index (χ2v) is 4.28. The van der Waals surface area contributed by atoms with E-state index < -0.39 is 5.60 Å². The van der Waals surface area contributed by atoms with Gasteiger partial charge in [-0.05, 0) is 33.1 Å². The predicted molar refractivity (Wildman–Crippen MR) is 54.1 cm³/mol. The van der Waals surface area contributed by atoms with Crippen molar-refractivity contribution in [3.63, 3.8) is 0 Å². The summed E-state index contributed by atoms with van der Waals surface area (Å²) in [4.78, 5) is 4.28. The topological polar surface area (TPSA) is 74.2 Å². The molecule has 1 aromatic rings. The van der Waals surface area contributed by atoms with Crippen LogP contribution in [-0.4, -0.2) is 16.7 Å². The first-order valence-corrected chi connectivity index (χ1v) is 5.35.